The van der Waals surface area contributed by atoms with Crippen LogP contribution in [0.3, 0.4) is 0 Å². The Labute approximate surface area is 128 Å². The van der Waals surface area contributed by atoms with Crippen molar-refractivity contribution in [2.75, 3.05) is 5.75 Å². The highest BCUT2D eigenvalue weighted by atomic mass is 32.1. The molecule has 5 nitrogen and oxygen atoms in total. The molecule has 0 aliphatic carbocycles. The number of aromatic amines is 1. The smallest absolute Gasteiger partial charge is 0.220 e. The SMILES string of the molecule is O=C(CCCc1c[nH]c2ccccc12)N[C@@H](CS)C(=O)[O-]. The maximum absolute atomic E-state index is 11.7. The number of carbonyl (C=O) groups is 2. The first-order valence-corrected chi connectivity index (χ1v) is 7.41. The Morgan fingerprint density at radius 1 is 1.33 bits per heavy atom. The van der Waals surface area contributed by atoms with Gasteiger partial charge in [0, 0.05) is 29.3 Å². The number of carboxylic acids is 1. The van der Waals surface area contributed by atoms with E-state index in [1.807, 2.05) is 30.5 Å². The summed E-state index contributed by atoms with van der Waals surface area (Å²) < 4.78 is 0. The zero-order valence-corrected chi connectivity index (χ0v) is 12.4. The van der Waals surface area contributed by atoms with E-state index in [1.165, 1.54) is 0 Å². The number of para-hydroxylation sites is 1. The number of aryl methyl sites for hydroxylation is 1. The zero-order valence-electron chi connectivity index (χ0n) is 11.5. The third kappa shape index (κ3) is 4.01. The van der Waals surface area contributed by atoms with Gasteiger partial charge in [0.05, 0.1) is 12.0 Å². The number of nitrogens with one attached hydrogen (secondary N) is 2. The van der Waals surface area contributed by atoms with Crippen LogP contribution in [0.1, 0.15) is 18.4 Å². The number of hydrogen-bond donors (Lipinski definition) is 3. The van der Waals surface area contributed by atoms with E-state index in [2.05, 4.69) is 22.9 Å². The lowest BCUT2D eigenvalue weighted by Gasteiger charge is -2.17. The van der Waals surface area contributed by atoms with Gasteiger partial charge >= 0.3 is 0 Å². The van der Waals surface area contributed by atoms with Crippen LogP contribution in [0.2, 0.25) is 0 Å². The second-order valence-electron chi connectivity index (χ2n) is 4.83. The molecule has 6 heteroatoms. The molecule has 1 heterocycles. The molecule has 2 rings (SSSR count). The lowest BCUT2D eigenvalue weighted by molar-refractivity contribution is -0.307. The molecule has 1 aromatic heterocycles. The molecule has 1 amide bonds. The Balaban J connectivity index is 1.84. The van der Waals surface area contributed by atoms with Crippen molar-refractivity contribution in [2.24, 2.45) is 0 Å². The summed E-state index contributed by atoms with van der Waals surface area (Å²) in [7, 11) is 0. The van der Waals surface area contributed by atoms with Crippen LogP contribution in [-0.2, 0) is 16.0 Å². The lowest BCUT2D eigenvalue weighted by atomic mass is 10.1. The molecule has 2 N–H and O–H groups in total. The van der Waals surface area contributed by atoms with Gasteiger partial charge < -0.3 is 20.2 Å². The van der Waals surface area contributed by atoms with E-state index >= 15 is 0 Å². The number of thiol groups is 1. The van der Waals surface area contributed by atoms with Gasteiger partial charge in [-0.2, -0.15) is 12.6 Å². The van der Waals surface area contributed by atoms with Gasteiger partial charge in [-0.05, 0) is 24.5 Å². The average molecular weight is 305 g/mol. The van der Waals surface area contributed by atoms with Gasteiger partial charge in [-0.1, -0.05) is 18.2 Å². The minimum absolute atomic E-state index is 0.0243. The summed E-state index contributed by atoms with van der Waals surface area (Å²) in [6.45, 7) is 0. The van der Waals surface area contributed by atoms with Crippen molar-refractivity contribution in [3.8, 4) is 0 Å². The molecule has 112 valence electrons. The van der Waals surface area contributed by atoms with E-state index in [-0.39, 0.29) is 18.1 Å². The first-order valence-electron chi connectivity index (χ1n) is 6.78. The Morgan fingerprint density at radius 2 is 2.10 bits per heavy atom. The van der Waals surface area contributed by atoms with Crippen LogP contribution in [0.5, 0.6) is 0 Å². The minimum atomic E-state index is -1.31. The Morgan fingerprint density at radius 3 is 2.81 bits per heavy atom. The Kier molecular flexibility index (Phi) is 5.27. The number of hydrogen-bond acceptors (Lipinski definition) is 4. The number of amides is 1. The first kappa shape index (κ1) is 15.4. The van der Waals surface area contributed by atoms with Gasteiger partial charge in [0.2, 0.25) is 5.91 Å². The fraction of sp³-hybridized carbons (Fsp3) is 0.333. The predicted octanol–water partition coefficient (Wildman–Crippen LogP) is 0.655. The fourth-order valence-electron chi connectivity index (χ4n) is 2.22. The highest BCUT2D eigenvalue weighted by Gasteiger charge is 2.11. The van der Waals surface area contributed by atoms with Gasteiger partial charge in [-0.25, -0.2) is 0 Å². The molecule has 0 unspecified atom stereocenters. The van der Waals surface area contributed by atoms with Crippen molar-refractivity contribution in [1.82, 2.24) is 10.3 Å². The normalized spacial score (nSPS) is 12.2. The topological polar surface area (TPSA) is 85.0 Å². The largest absolute Gasteiger partial charge is 0.548 e. The van der Waals surface area contributed by atoms with Gasteiger partial charge in [-0.15, -0.1) is 0 Å². The van der Waals surface area contributed by atoms with Crippen molar-refractivity contribution < 1.29 is 14.7 Å². The molecule has 0 saturated carbocycles. The quantitative estimate of drug-likeness (QED) is 0.657. The average Bonchev–Trinajstić information content (AvgIpc) is 2.88. The van der Waals surface area contributed by atoms with E-state index in [0.29, 0.717) is 6.42 Å². The number of aliphatic carboxylic acids is 1. The molecule has 1 atom stereocenters. The van der Waals surface area contributed by atoms with Gasteiger partial charge in [-0.3, -0.25) is 4.79 Å². The Hall–Kier alpha value is -1.95. The maximum atomic E-state index is 11.7. The second kappa shape index (κ2) is 7.17. The number of H-pyrrole nitrogens is 1. The van der Waals surface area contributed by atoms with Crippen LogP contribution in [0.4, 0.5) is 0 Å². The maximum Gasteiger partial charge on any atom is 0.220 e. The molecule has 0 fully saturated rings. The summed E-state index contributed by atoms with van der Waals surface area (Å²) in [5.41, 5.74) is 2.23. The monoisotopic (exact) mass is 305 g/mol. The number of carboxylic acid groups (broad SMARTS) is 1. The van der Waals surface area contributed by atoms with E-state index in [4.69, 9.17) is 0 Å². The molecule has 0 aliphatic rings. The molecular weight excluding hydrogens is 288 g/mol. The number of fused-ring (bicyclic) bond motifs is 1. The fourth-order valence-corrected chi connectivity index (χ4v) is 2.46. The number of carbonyl (C=O) groups excluding carboxylic acids is 2. The van der Waals surface area contributed by atoms with Crippen LogP contribution < -0.4 is 10.4 Å². The predicted molar refractivity (Wildman–Crippen MR) is 82.0 cm³/mol. The first-order chi connectivity index (χ1) is 10.1. The molecule has 0 aliphatic heterocycles. The van der Waals surface area contributed by atoms with Crippen molar-refractivity contribution in [3.05, 3.63) is 36.0 Å². The highest BCUT2D eigenvalue weighted by Crippen LogP contribution is 2.19. The number of aromatic nitrogens is 1. The summed E-state index contributed by atoms with van der Waals surface area (Å²) in [5.74, 6) is -1.58. The summed E-state index contributed by atoms with van der Waals surface area (Å²) in [5, 5.41) is 14.2. The van der Waals surface area contributed by atoms with Crippen molar-refractivity contribution in [1.29, 1.82) is 0 Å². The molecular formula is C15H17N2O3S-. The van der Waals surface area contributed by atoms with E-state index in [0.717, 1.165) is 22.9 Å². The standard InChI is InChI=1S/C15H18N2O3S/c18-14(17-13(9-21)15(19)20)7-3-4-10-8-16-12-6-2-1-5-11(10)12/h1-2,5-6,8,13,16,21H,3-4,7,9H2,(H,17,18)(H,19,20)/p-1/t13-/m0/s1. The minimum Gasteiger partial charge on any atom is -0.548 e. The third-order valence-electron chi connectivity index (χ3n) is 3.33. The summed E-state index contributed by atoms with van der Waals surface area (Å²) in [6.07, 6.45) is 3.63. The summed E-state index contributed by atoms with van der Waals surface area (Å²) >= 11 is 3.87. The molecule has 0 spiro atoms. The van der Waals surface area contributed by atoms with E-state index < -0.39 is 12.0 Å². The van der Waals surface area contributed by atoms with Crippen LogP contribution in [0.25, 0.3) is 10.9 Å². The third-order valence-corrected chi connectivity index (χ3v) is 3.69. The number of rotatable bonds is 7. The van der Waals surface area contributed by atoms with E-state index in [1.54, 1.807) is 0 Å². The van der Waals surface area contributed by atoms with Gasteiger partial charge in [0.25, 0.3) is 0 Å². The van der Waals surface area contributed by atoms with Crippen LogP contribution >= 0.6 is 12.6 Å². The lowest BCUT2D eigenvalue weighted by Crippen LogP contribution is -2.49. The number of benzene rings is 1. The van der Waals surface area contributed by atoms with Crippen LogP contribution in [-0.4, -0.2) is 28.7 Å². The van der Waals surface area contributed by atoms with Crippen molar-refractivity contribution >= 4 is 35.4 Å². The van der Waals surface area contributed by atoms with Gasteiger partial charge in [0.1, 0.15) is 0 Å². The van der Waals surface area contributed by atoms with Crippen LogP contribution in [0.15, 0.2) is 30.5 Å². The second-order valence-corrected chi connectivity index (χ2v) is 5.20. The molecule has 0 radical (unpaired) electrons. The highest BCUT2D eigenvalue weighted by molar-refractivity contribution is 7.80. The van der Waals surface area contributed by atoms with E-state index in [9.17, 15) is 14.7 Å². The zero-order chi connectivity index (χ0) is 15.2. The molecule has 21 heavy (non-hydrogen) atoms. The molecule has 0 saturated heterocycles. The molecule has 0 bridgehead atoms. The van der Waals surface area contributed by atoms with Gasteiger partial charge in [0.15, 0.2) is 0 Å². The molecule has 2 aromatic rings. The summed E-state index contributed by atoms with van der Waals surface area (Å²) in [4.78, 5) is 25.5. The summed E-state index contributed by atoms with van der Waals surface area (Å²) in [6, 6.07) is 6.95. The van der Waals surface area contributed by atoms with Crippen molar-refractivity contribution in [3.63, 3.8) is 0 Å². The Bertz CT molecular complexity index is 639. The van der Waals surface area contributed by atoms with Crippen LogP contribution in [0, 0.1) is 0 Å². The molecule has 1 aromatic carbocycles. The van der Waals surface area contributed by atoms with Crippen molar-refractivity contribution in [2.45, 2.75) is 25.3 Å².